The average Bonchev–Trinajstić information content (AvgIpc) is 2.82. The summed E-state index contributed by atoms with van der Waals surface area (Å²) in [4.78, 5) is 12.8. The Morgan fingerprint density at radius 3 is 2.34 bits per heavy atom. The molecule has 4 rings (SSSR count). The first-order chi connectivity index (χ1) is 15.4. The van der Waals surface area contributed by atoms with Gasteiger partial charge in [-0.2, -0.15) is 0 Å². The van der Waals surface area contributed by atoms with Crippen LogP contribution < -0.4 is 19.1 Å². The van der Waals surface area contributed by atoms with Gasteiger partial charge in [-0.15, -0.1) is 0 Å². The Morgan fingerprint density at radius 2 is 1.62 bits per heavy atom. The predicted molar refractivity (Wildman–Crippen MR) is 122 cm³/mol. The minimum Gasteiger partial charge on any atom is -0.486 e. The summed E-state index contributed by atoms with van der Waals surface area (Å²) in [7, 11) is -3.99. The molecule has 3 aromatic rings. The van der Waals surface area contributed by atoms with Crippen molar-refractivity contribution in [3.8, 4) is 11.5 Å². The maximum atomic E-state index is 13.3. The van der Waals surface area contributed by atoms with E-state index < -0.39 is 15.9 Å². The third-order valence-corrected chi connectivity index (χ3v) is 6.87. The highest BCUT2D eigenvalue weighted by Crippen LogP contribution is 2.30. The van der Waals surface area contributed by atoms with E-state index in [4.69, 9.17) is 21.1 Å². The Bertz CT molecular complexity index is 1190. The molecule has 1 heterocycles. The Hall–Kier alpha value is -3.23. The normalized spacial score (nSPS) is 15.1. The van der Waals surface area contributed by atoms with Crippen LogP contribution in [0, 0.1) is 0 Å². The summed E-state index contributed by atoms with van der Waals surface area (Å²) in [6.45, 7) is 0.0681. The van der Waals surface area contributed by atoms with Crippen molar-refractivity contribution in [3.63, 3.8) is 0 Å². The first kappa shape index (κ1) is 22.0. The third-order valence-electron chi connectivity index (χ3n) is 4.83. The molecular weight excluding hydrogens is 452 g/mol. The van der Waals surface area contributed by atoms with E-state index in [1.165, 1.54) is 24.3 Å². The maximum Gasteiger partial charge on any atom is 0.264 e. The van der Waals surface area contributed by atoms with Crippen molar-refractivity contribution >= 4 is 33.2 Å². The van der Waals surface area contributed by atoms with Gasteiger partial charge in [-0.25, -0.2) is 8.42 Å². The lowest BCUT2D eigenvalue weighted by Crippen LogP contribution is -2.45. The van der Waals surface area contributed by atoms with Crippen molar-refractivity contribution < 1.29 is 22.7 Å². The minimum absolute atomic E-state index is 0.0409. The quantitative estimate of drug-likeness (QED) is 0.569. The molecule has 1 aliphatic heterocycles. The van der Waals surface area contributed by atoms with Crippen LogP contribution in [-0.2, 0) is 14.8 Å². The first-order valence-corrected chi connectivity index (χ1v) is 11.7. The van der Waals surface area contributed by atoms with Gasteiger partial charge in [0, 0.05) is 5.02 Å². The molecule has 0 bridgehead atoms. The minimum atomic E-state index is -3.99. The first-order valence-electron chi connectivity index (χ1n) is 9.92. The number of hydrogen-bond donors (Lipinski definition) is 1. The molecule has 0 saturated heterocycles. The molecule has 1 amide bonds. The van der Waals surface area contributed by atoms with Gasteiger partial charge in [0.2, 0.25) is 5.91 Å². The van der Waals surface area contributed by atoms with Crippen LogP contribution in [0.3, 0.4) is 0 Å². The topological polar surface area (TPSA) is 84.9 Å². The number of carbonyl (C=O) groups is 1. The number of carbonyl (C=O) groups excluding carboxylic acids is 1. The van der Waals surface area contributed by atoms with Crippen molar-refractivity contribution in [1.29, 1.82) is 0 Å². The van der Waals surface area contributed by atoms with Gasteiger partial charge in [0.05, 0.1) is 17.1 Å². The Kier molecular flexibility index (Phi) is 6.53. The second kappa shape index (κ2) is 9.50. The summed E-state index contributed by atoms with van der Waals surface area (Å²) in [5.74, 6) is 0.794. The number of benzene rings is 3. The number of nitrogens with zero attached hydrogens (tertiary/aromatic N) is 1. The second-order valence-electron chi connectivity index (χ2n) is 7.10. The van der Waals surface area contributed by atoms with Gasteiger partial charge in [0.1, 0.15) is 19.3 Å². The standard InChI is InChI=1S/C23H21ClN2O5S/c24-17-10-12-20(13-11-17)32(28,29)26(18-6-2-1-3-7-18)15-23(27)25-14-19-16-30-21-8-4-5-9-22(21)31-19/h1-13,19H,14-16H2,(H,25,27)/t19-/m0/s1. The lowest BCUT2D eigenvalue weighted by Gasteiger charge is -2.27. The van der Waals surface area contributed by atoms with Gasteiger partial charge in [-0.05, 0) is 48.5 Å². The molecule has 0 fully saturated rings. The van der Waals surface area contributed by atoms with Crippen LogP contribution in [0.1, 0.15) is 0 Å². The Balaban J connectivity index is 1.47. The van der Waals surface area contributed by atoms with E-state index in [2.05, 4.69) is 5.32 Å². The summed E-state index contributed by atoms with van der Waals surface area (Å²) in [5, 5.41) is 3.17. The number of hydrogen-bond acceptors (Lipinski definition) is 5. The predicted octanol–water partition coefficient (Wildman–Crippen LogP) is 3.49. The van der Waals surface area contributed by atoms with Crippen LogP contribution in [-0.4, -0.2) is 40.1 Å². The zero-order valence-corrected chi connectivity index (χ0v) is 18.6. The van der Waals surface area contributed by atoms with E-state index in [-0.39, 0.29) is 30.7 Å². The van der Waals surface area contributed by atoms with E-state index >= 15 is 0 Å². The van der Waals surface area contributed by atoms with Crippen LogP contribution in [0.5, 0.6) is 11.5 Å². The molecule has 7 nitrogen and oxygen atoms in total. The maximum absolute atomic E-state index is 13.3. The monoisotopic (exact) mass is 472 g/mol. The number of amides is 1. The molecule has 1 atom stereocenters. The summed E-state index contributed by atoms with van der Waals surface area (Å²) >= 11 is 5.89. The van der Waals surface area contributed by atoms with E-state index in [1.807, 2.05) is 18.2 Å². The highest BCUT2D eigenvalue weighted by molar-refractivity contribution is 7.92. The number of anilines is 1. The Labute approximate surface area is 191 Å². The summed E-state index contributed by atoms with van der Waals surface area (Å²) < 4.78 is 39.1. The lowest BCUT2D eigenvalue weighted by molar-refractivity contribution is -0.120. The molecule has 3 aromatic carbocycles. The summed E-state index contributed by atoms with van der Waals surface area (Å²) in [5.41, 5.74) is 0.378. The SMILES string of the molecule is O=C(CN(c1ccccc1)S(=O)(=O)c1ccc(Cl)cc1)NC[C@H]1COc2ccccc2O1. The second-order valence-corrected chi connectivity index (χ2v) is 9.40. The van der Waals surface area contributed by atoms with E-state index in [1.54, 1.807) is 36.4 Å². The highest BCUT2D eigenvalue weighted by atomic mass is 35.5. The van der Waals surface area contributed by atoms with E-state index in [0.29, 0.717) is 22.2 Å². The van der Waals surface area contributed by atoms with E-state index in [0.717, 1.165) is 4.31 Å². The fourth-order valence-electron chi connectivity index (χ4n) is 3.22. The molecule has 166 valence electrons. The number of fused-ring (bicyclic) bond motifs is 1. The van der Waals surface area contributed by atoms with E-state index in [9.17, 15) is 13.2 Å². The molecule has 0 spiro atoms. The van der Waals surface area contributed by atoms with Crippen LogP contribution in [0.25, 0.3) is 0 Å². The molecular formula is C23H21ClN2O5S. The van der Waals surface area contributed by atoms with Crippen molar-refractivity contribution in [3.05, 3.63) is 83.9 Å². The molecule has 9 heteroatoms. The van der Waals surface area contributed by atoms with Gasteiger partial charge >= 0.3 is 0 Å². The number of ether oxygens (including phenoxy) is 2. The van der Waals surface area contributed by atoms with Crippen molar-refractivity contribution in [2.45, 2.75) is 11.0 Å². The van der Waals surface area contributed by atoms with Crippen LogP contribution in [0.2, 0.25) is 5.02 Å². The molecule has 1 aliphatic rings. The third kappa shape index (κ3) is 4.98. The fraction of sp³-hybridized carbons (Fsp3) is 0.174. The van der Waals surface area contributed by atoms with Crippen molar-refractivity contribution in [2.24, 2.45) is 0 Å². The van der Waals surface area contributed by atoms with Crippen LogP contribution in [0.15, 0.2) is 83.8 Å². The molecule has 1 N–H and O–H groups in total. The van der Waals surface area contributed by atoms with Gasteiger partial charge in [0.25, 0.3) is 10.0 Å². The molecule has 0 radical (unpaired) electrons. The number of nitrogens with one attached hydrogen (secondary N) is 1. The van der Waals surface area contributed by atoms with Gasteiger partial charge in [-0.1, -0.05) is 41.9 Å². The van der Waals surface area contributed by atoms with Crippen LogP contribution >= 0.6 is 11.6 Å². The molecule has 0 aliphatic carbocycles. The molecule has 0 saturated carbocycles. The smallest absolute Gasteiger partial charge is 0.264 e. The lowest BCUT2D eigenvalue weighted by atomic mass is 10.2. The number of halogens is 1. The highest BCUT2D eigenvalue weighted by Gasteiger charge is 2.28. The van der Waals surface area contributed by atoms with Crippen molar-refractivity contribution in [2.75, 3.05) is 24.0 Å². The van der Waals surface area contributed by atoms with Crippen LogP contribution in [0.4, 0.5) is 5.69 Å². The summed E-state index contributed by atoms with van der Waals surface area (Å²) in [6, 6.07) is 21.6. The number of rotatable bonds is 7. The molecule has 32 heavy (non-hydrogen) atoms. The average molecular weight is 473 g/mol. The van der Waals surface area contributed by atoms with Gasteiger partial charge in [-0.3, -0.25) is 9.10 Å². The van der Waals surface area contributed by atoms with Gasteiger partial charge in [0.15, 0.2) is 11.5 Å². The molecule has 0 unspecified atom stereocenters. The van der Waals surface area contributed by atoms with Crippen molar-refractivity contribution in [1.82, 2.24) is 5.32 Å². The zero-order chi connectivity index (χ0) is 22.6. The number of sulfonamides is 1. The molecule has 0 aromatic heterocycles. The summed E-state index contributed by atoms with van der Waals surface area (Å²) in [6.07, 6.45) is -0.383. The number of para-hydroxylation sites is 3. The van der Waals surface area contributed by atoms with Gasteiger partial charge < -0.3 is 14.8 Å². The fourth-order valence-corrected chi connectivity index (χ4v) is 4.77. The zero-order valence-electron chi connectivity index (χ0n) is 17.0. The largest absolute Gasteiger partial charge is 0.486 e. The Morgan fingerprint density at radius 1 is 0.969 bits per heavy atom.